The zero-order valence-electron chi connectivity index (χ0n) is 6.91. The Kier molecular flexibility index (Phi) is 3.19. The molecular weight excluding hydrogens is 236 g/mol. The van der Waals surface area contributed by atoms with Gasteiger partial charge in [-0.05, 0) is 28.1 Å². The first-order chi connectivity index (χ1) is 6.24. The smallest absolute Gasteiger partial charge is 0.153 e. The number of aldehydes is 2. The minimum Gasteiger partial charge on any atom is -0.495 e. The van der Waals surface area contributed by atoms with Gasteiger partial charge in [0.15, 0.2) is 12.6 Å². The average molecular weight is 243 g/mol. The quantitative estimate of drug-likeness (QED) is 0.763. The fourth-order valence-corrected chi connectivity index (χ4v) is 1.59. The third-order valence-electron chi connectivity index (χ3n) is 1.62. The van der Waals surface area contributed by atoms with Crippen LogP contribution in [0.5, 0.6) is 5.75 Å². The number of carbonyl (C=O) groups excluding carboxylic acids is 2. The molecule has 4 heteroatoms. The summed E-state index contributed by atoms with van der Waals surface area (Å²) < 4.78 is 5.48. The van der Waals surface area contributed by atoms with Crippen molar-refractivity contribution in [3.05, 3.63) is 27.7 Å². The van der Waals surface area contributed by atoms with Crippen LogP contribution in [0.1, 0.15) is 20.7 Å². The van der Waals surface area contributed by atoms with E-state index in [1.165, 1.54) is 7.11 Å². The van der Waals surface area contributed by atoms with Gasteiger partial charge in [-0.2, -0.15) is 0 Å². The summed E-state index contributed by atoms with van der Waals surface area (Å²) in [5.74, 6) is 0.389. The van der Waals surface area contributed by atoms with E-state index in [0.29, 0.717) is 33.9 Å². The van der Waals surface area contributed by atoms with Crippen LogP contribution in [0.15, 0.2) is 16.6 Å². The van der Waals surface area contributed by atoms with Crippen LogP contribution < -0.4 is 4.74 Å². The van der Waals surface area contributed by atoms with Gasteiger partial charge in [0.1, 0.15) is 5.75 Å². The molecule has 1 rings (SSSR count). The molecule has 3 nitrogen and oxygen atoms in total. The number of methoxy groups -OCH3 is 1. The minimum atomic E-state index is 0.389. The van der Waals surface area contributed by atoms with Gasteiger partial charge in [-0.25, -0.2) is 0 Å². The normalized spacial score (nSPS) is 9.38. The molecule has 0 saturated carbocycles. The van der Waals surface area contributed by atoms with Gasteiger partial charge in [-0.3, -0.25) is 9.59 Å². The van der Waals surface area contributed by atoms with Gasteiger partial charge in [-0.15, -0.1) is 0 Å². The van der Waals surface area contributed by atoms with Gasteiger partial charge in [-0.1, -0.05) is 0 Å². The average Bonchev–Trinajstić information content (AvgIpc) is 2.17. The van der Waals surface area contributed by atoms with Crippen molar-refractivity contribution in [1.82, 2.24) is 0 Å². The molecule has 0 aliphatic rings. The van der Waals surface area contributed by atoms with E-state index in [-0.39, 0.29) is 0 Å². The van der Waals surface area contributed by atoms with Crippen molar-refractivity contribution in [3.8, 4) is 5.75 Å². The van der Waals surface area contributed by atoms with E-state index in [4.69, 9.17) is 4.74 Å². The second-order valence-corrected chi connectivity index (χ2v) is 3.12. The van der Waals surface area contributed by atoms with E-state index in [0.717, 1.165) is 0 Å². The number of carbonyl (C=O) groups is 2. The summed E-state index contributed by atoms with van der Waals surface area (Å²) in [5, 5.41) is 0. The molecule has 1 aromatic rings. The first-order valence-corrected chi connectivity index (χ1v) is 4.30. The van der Waals surface area contributed by atoms with Crippen molar-refractivity contribution in [2.75, 3.05) is 7.11 Å². The standard InChI is InChI=1S/C9H7BrO3/c1-13-9-7(5-12)3-2-6(4-11)8(9)10/h2-5H,1H3. The molecule has 0 unspecified atom stereocenters. The first-order valence-electron chi connectivity index (χ1n) is 3.51. The fraction of sp³-hybridized carbons (Fsp3) is 0.111. The predicted molar refractivity (Wildman–Crippen MR) is 51.5 cm³/mol. The molecule has 0 saturated heterocycles. The second kappa shape index (κ2) is 4.18. The molecule has 0 amide bonds. The van der Waals surface area contributed by atoms with Gasteiger partial charge in [0.25, 0.3) is 0 Å². The number of rotatable bonds is 3. The Morgan fingerprint density at radius 3 is 2.23 bits per heavy atom. The Morgan fingerprint density at radius 2 is 1.77 bits per heavy atom. The molecule has 0 N–H and O–H groups in total. The largest absolute Gasteiger partial charge is 0.495 e. The van der Waals surface area contributed by atoms with Gasteiger partial charge in [0, 0.05) is 5.56 Å². The number of hydrogen-bond acceptors (Lipinski definition) is 3. The maximum absolute atomic E-state index is 10.5. The lowest BCUT2D eigenvalue weighted by Crippen LogP contribution is -1.94. The van der Waals surface area contributed by atoms with Crippen molar-refractivity contribution >= 4 is 28.5 Å². The summed E-state index contributed by atoms with van der Waals surface area (Å²) in [4.78, 5) is 21.1. The summed E-state index contributed by atoms with van der Waals surface area (Å²) in [5.41, 5.74) is 0.877. The Morgan fingerprint density at radius 1 is 1.23 bits per heavy atom. The molecule has 68 valence electrons. The minimum absolute atomic E-state index is 0.389. The topological polar surface area (TPSA) is 43.4 Å². The van der Waals surface area contributed by atoms with Crippen molar-refractivity contribution < 1.29 is 14.3 Å². The lowest BCUT2D eigenvalue weighted by atomic mass is 10.1. The first kappa shape index (κ1) is 9.92. The Hall–Kier alpha value is -1.16. The highest BCUT2D eigenvalue weighted by Gasteiger charge is 2.10. The molecular formula is C9H7BrO3. The monoisotopic (exact) mass is 242 g/mol. The van der Waals surface area contributed by atoms with Crippen LogP contribution in [0.4, 0.5) is 0 Å². The maximum Gasteiger partial charge on any atom is 0.153 e. The maximum atomic E-state index is 10.5. The molecule has 0 bridgehead atoms. The predicted octanol–water partition coefficient (Wildman–Crippen LogP) is 2.08. The van der Waals surface area contributed by atoms with Gasteiger partial charge in [0.05, 0.1) is 17.1 Å². The van der Waals surface area contributed by atoms with Gasteiger partial charge >= 0.3 is 0 Å². The SMILES string of the molecule is COc1c(C=O)ccc(C=O)c1Br. The summed E-state index contributed by atoms with van der Waals surface area (Å²) >= 11 is 3.18. The lowest BCUT2D eigenvalue weighted by Gasteiger charge is -2.06. The van der Waals surface area contributed by atoms with Crippen LogP contribution in [-0.4, -0.2) is 19.7 Å². The van der Waals surface area contributed by atoms with Crippen molar-refractivity contribution in [3.63, 3.8) is 0 Å². The molecule has 0 aliphatic carbocycles. The van der Waals surface area contributed by atoms with Crippen LogP contribution in [0, 0.1) is 0 Å². The number of benzene rings is 1. The number of hydrogen-bond donors (Lipinski definition) is 0. The van der Waals surface area contributed by atoms with Crippen LogP contribution in [0.25, 0.3) is 0 Å². The summed E-state index contributed by atoms with van der Waals surface area (Å²) in [6.45, 7) is 0. The second-order valence-electron chi connectivity index (χ2n) is 2.33. The van der Waals surface area contributed by atoms with E-state index in [1.807, 2.05) is 0 Å². The molecule has 0 atom stereocenters. The summed E-state index contributed by atoms with van der Waals surface area (Å²) in [7, 11) is 1.45. The Bertz CT molecular complexity index is 347. The Labute approximate surface area is 83.8 Å². The zero-order chi connectivity index (χ0) is 9.84. The number of halogens is 1. The third-order valence-corrected chi connectivity index (χ3v) is 2.43. The van der Waals surface area contributed by atoms with Crippen molar-refractivity contribution in [2.24, 2.45) is 0 Å². The molecule has 0 aromatic heterocycles. The highest BCUT2D eigenvalue weighted by Crippen LogP contribution is 2.30. The fourth-order valence-electron chi connectivity index (χ4n) is 0.978. The number of ether oxygens (including phenoxy) is 1. The van der Waals surface area contributed by atoms with E-state index in [1.54, 1.807) is 12.1 Å². The third kappa shape index (κ3) is 1.78. The van der Waals surface area contributed by atoms with E-state index < -0.39 is 0 Å². The van der Waals surface area contributed by atoms with E-state index in [9.17, 15) is 9.59 Å². The summed E-state index contributed by atoms with van der Waals surface area (Å²) in [6.07, 6.45) is 1.37. The highest BCUT2D eigenvalue weighted by atomic mass is 79.9. The van der Waals surface area contributed by atoms with Crippen LogP contribution in [0.2, 0.25) is 0 Å². The summed E-state index contributed by atoms with van der Waals surface area (Å²) in [6, 6.07) is 3.10. The zero-order valence-corrected chi connectivity index (χ0v) is 8.50. The Balaban J connectivity index is 3.39. The molecule has 0 radical (unpaired) electrons. The molecule has 0 aliphatic heterocycles. The van der Waals surface area contributed by atoms with Gasteiger partial charge < -0.3 is 4.74 Å². The molecule has 0 fully saturated rings. The van der Waals surface area contributed by atoms with E-state index >= 15 is 0 Å². The van der Waals surface area contributed by atoms with E-state index in [2.05, 4.69) is 15.9 Å². The van der Waals surface area contributed by atoms with Crippen molar-refractivity contribution in [2.45, 2.75) is 0 Å². The molecule has 13 heavy (non-hydrogen) atoms. The molecule has 0 heterocycles. The lowest BCUT2D eigenvalue weighted by molar-refractivity contribution is 0.110. The van der Waals surface area contributed by atoms with Crippen LogP contribution >= 0.6 is 15.9 Å². The van der Waals surface area contributed by atoms with Crippen LogP contribution in [-0.2, 0) is 0 Å². The van der Waals surface area contributed by atoms with Crippen LogP contribution in [0.3, 0.4) is 0 Å². The van der Waals surface area contributed by atoms with Crippen molar-refractivity contribution in [1.29, 1.82) is 0 Å². The highest BCUT2D eigenvalue weighted by molar-refractivity contribution is 9.10. The molecule has 0 spiro atoms. The van der Waals surface area contributed by atoms with Gasteiger partial charge in [0.2, 0.25) is 0 Å². The molecule has 1 aromatic carbocycles.